The number of thioether (sulfide) groups is 1. The van der Waals surface area contributed by atoms with Gasteiger partial charge in [0, 0.05) is 38.5 Å². The van der Waals surface area contributed by atoms with E-state index in [1.54, 1.807) is 24.3 Å². The number of hydrogen-bond donors (Lipinski definition) is 1. The Hall–Kier alpha value is -1.47. The Kier molecular flexibility index (Phi) is 10.3. The summed E-state index contributed by atoms with van der Waals surface area (Å²) in [5.74, 6) is -0.629. The molecule has 0 radical (unpaired) electrons. The Morgan fingerprint density at radius 2 is 1.82 bits per heavy atom. The normalized spacial score (nSPS) is 12.4. The number of carbonyl (C=O) groups excluding carboxylic acids is 2. The Balaban J connectivity index is 2.24. The average molecular weight is 534 g/mol. The van der Waals surface area contributed by atoms with E-state index in [9.17, 15) is 14.0 Å². The maximum atomic E-state index is 14.1. The maximum Gasteiger partial charge on any atom is 0.243 e. The highest BCUT2D eigenvalue weighted by atomic mass is 35.5. The highest BCUT2D eigenvalue weighted by Gasteiger charge is 2.31. The van der Waals surface area contributed by atoms with Gasteiger partial charge in [0.25, 0.3) is 0 Å². The molecule has 0 saturated carbocycles. The first-order valence-corrected chi connectivity index (χ1v) is 12.8. The maximum absolute atomic E-state index is 14.1. The first-order chi connectivity index (χ1) is 15.4. The minimum absolute atomic E-state index is 0.0508. The zero-order chi connectivity index (χ0) is 24.8. The predicted molar refractivity (Wildman–Crippen MR) is 137 cm³/mol. The SMILES string of the molecule is CC[C@H](C(=O)NC(C)(C)C)N(Cc1ccc(Cl)cc1Cl)C(=O)CSCc1c(F)cccc1Cl. The minimum Gasteiger partial charge on any atom is -0.350 e. The number of benzene rings is 2. The molecule has 1 N–H and O–H groups in total. The Morgan fingerprint density at radius 3 is 2.39 bits per heavy atom. The van der Waals surface area contributed by atoms with E-state index in [1.807, 2.05) is 27.7 Å². The van der Waals surface area contributed by atoms with Crippen LogP contribution in [0, 0.1) is 5.82 Å². The van der Waals surface area contributed by atoms with Crippen LogP contribution in [0.4, 0.5) is 4.39 Å². The Bertz CT molecular complexity index is 978. The summed E-state index contributed by atoms with van der Waals surface area (Å²) >= 11 is 19.7. The lowest BCUT2D eigenvalue weighted by molar-refractivity contribution is -0.140. The number of halogens is 4. The van der Waals surface area contributed by atoms with E-state index in [0.717, 1.165) is 0 Å². The third-order valence-electron chi connectivity index (χ3n) is 4.77. The molecule has 2 aromatic carbocycles. The predicted octanol–water partition coefficient (Wildman–Crippen LogP) is 6.74. The summed E-state index contributed by atoms with van der Waals surface area (Å²) in [6, 6.07) is 8.83. The van der Waals surface area contributed by atoms with Gasteiger partial charge in [0.1, 0.15) is 11.9 Å². The third-order valence-corrected chi connectivity index (χ3v) is 6.66. The van der Waals surface area contributed by atoms with Crippen LogP contribution in [0.3, 0.4) is 0 Å². The molecule has 0 unspecified atom stereocenters. The number of rotatable bonds is 9. The molecule has 0 bridgehead atoms. The molecule has 0 aromatic heterocycles. The second-order valence-corrected chi connectivity index (χ2v) is 10.9. The minimum atomic E-state index is -0.693. The fourth-order valence-corrected chi connectivity index (χ4v) is 4.92. The molecule has 2 aromatic rings. The monoisotopic (exact) mass is 532 g/mol. The molecule has 2 rings (SSSR count). The van der Waals surface area contributed by atoms with E-state index in [0.29, 0.717) is 32.6 Å². The van der Waals surface area contributed by atoms with Crippen LogP contribution in [-0.2, 0) is 21.9 Å². The molecule has 33 heavy (non-hydrogen) atoms. The first kappa shape index (κ1) is 27.8. The largest absolute Gasteiger partial charge is 0.350 e. The zero-order valence-electron chi connectivity index (χ0n) is 19.1. The van der Waals surface area contributed by atoms with Gasteiger partial charge in [0.2, 0.25) is 11.8 Å². The van der Waals surface area contributed by atoms with E-state index >= 15 is 0 Å². The molecule has 0 spiro atoms. The van der Waals surface area contributed by atoms with Crippen LogP contribution in [0.25, 0.3) is 0 Å². The second kappa shape index (κ2) is 12.3. The highest BCUT2D eigenvalue weighted by molar-refractivity contribution is 7.99. The molecule has 0 heterocycles. The molecule has 0 aliphatic carbocycles. The van der Waals surface area contributed by atoms with Gasteiger partial charge in [-0.05, 0) is 57.0 Å². The van der Waals surface area contributed by atoms with Crippen LogP contribution in [0.2, 0.25) is 15.1 Å². The lowest BCUT2D eigenvalue weighted by atomic mass is 10.1. The lowest BCUT2D eigenvalue weighted by Gasteiger charge is -2.33. The van der Waals surface area contributed by atoms with Gasteiger partial charge in [0.15, 0.2) is 0 Å². The number of carbonyl (C=O) groups is 2. The summed E-state index contributed by atoms with van der Waals surface area (Å²) in [4.78, 5) is 27.8. The molecule has 0 saturated heterocycles. The summed E-state index contributed by atoms with van der Waals surface area (Å²) in [6.07, 6.45) is 0.419. The van der Waals surface area contributed by atoms with Crippen LogP contribution >= 0.6 is 46.6 Å². The molecular weight excluding hydrogens is 506 g/mol. The van der Waals surface area contributed by atoms with E-state index < -0.39 is 17.4 Å². The van der Waals surface area contributed by atoms with Crippen molar-refractivity contribution in [3.63, 3.8) is 0 Å². The molecule has 0 aliphatic rings. The smallest absolute Gasteiger partial charge is 0.243 e. The van der Waals surface area contributed by atoms with Crippen LogP contribution in [0.1, 0.15) is 45.2 Å². The molecule has 9 heteroatoms. The van der Waals surface area contributed by atoms with Crippen molar-refractivity contribution in [2.24, 2.45) is 0 Å². The van der Waals surface area contributed by atoms with Gasteiger partial charge in [-0.15, -0.1) is 11.8 Å². The van der Waals surface area contributed by atoms with E-state index in [2.05, 4.69) is 5.32 Å². The molecule has 0 aliphatic heterocycles. The van der Waals surface area contributed by atoms with Crippen LogP contribution in [0.15, 0.2) is 36.4 Å². The quantitative estimate of drug-likeness (QED) is 0.388. The van der Waals surface area contributed by atoms with Crippen LogP contribution < -0.4 is 5.32 Å². The lowest BCUT2D eigenvalue weighted by Crippen LogP contribution is -2.53. The summed E-state index contributed by atoms with van der Waals surface area (Å²) in [6.45, 7) is 7.64. The van der Waals surface area contributed by atoms with Crippen molar-refractivity contribution in [3.05, 3.63) is 68.4 Å². The summed E-state index contributed by atoms with van der Waals surface area (Å²) in [5.41, 5.74) is 0.577. The number of nitrogens with one attached hydrogen (secondary N) is 1. The Labute approximate surface area is 214 Å². The standard InChI is InChI=1S/C24H28Cl3FN2O2S/c1-5-21(23(32)29-24(2,3)4)30(12-15-9-10-16(25)11-19(15)27)22(31)14-33-13-17-18(26)7-6-8-20(17)28/h6-11,21H,5,12-14H2,1-4H3,(H,29,32)/t21-/m1/s1. The van der Waals surface area contributed by atoms with Gasteiger partial charge >= 0.3 is 0 Å². The molecule has 4 nitrogen and oxygen atoms in total. The van der Waals surface area contributed by atoms with Gasteiger partial charge in [0.05, 0.1) is 5.75 Å². The van der Waals surface area contributed by atoms with Crippen molar-refractivity contribution in [3.8, 4) is 0 Å². The zero-order valence-corrected chi connectivity index (χ0v) is 22.1. The van der Waals surface area contributed by atoms with Gasteiger partial charge in [-0.3, -0.25) is 9.59 Å². The summed E-state index contributed by atoms with van der Waals surface area (Å²) in [5, 5.41) is 4.16. The molecular formula is C24H28Cl3FN2O2S. The van der Waals surface area contributed by atoms with Gasteiger partial charge < -0.3 is 10.2 Å². The van der Waals surface area contributed by atoms with Gasteiger partial charge in [-0.2, -0.15) is 0 Å². The number of amides is 2. The van der Waals surface area contributed by atoms with Gasteiger partial charge in [-0.25, -0.2) is 4.39 Å². The van der Waals surface area contributed by atoms with Crippen molar-refractivity contribution >= 4 is 58.4 Å². The Morgan fingerprint density at radius 1 is 1.12 bits per heavy atom. The third kappa shape index (κ3) is 8.36. The van der Waals surface area contributed by atoms with E-state index in [1.165, 1.54) is 28.8 Å². The topological polar surface area (TPSA) is 49.4 Å². The van der Waals surface area contributed by atoms with Gasteiger partial charge in [-0.1, -0.05) is 53.9 Å². The first-order valence-electron chi connectivity index (χ1n) is 10.5. The highest BCUT2D eigenvalue weighted by Crippen LogP contribution is 2.26. The van der Waals surface area contributed by atoms with E-state index in [4.69, 9.17) is 34.8 Å². The number of nitrogens with zero attached hydrogens (tertiary/aromatic N) is 1. The fraction of sp³-hybridized carbons (Fsp3) is 0.417. The van der Waals surface area contributed by atoms with Crippen LogP contribution in [0.5, 0.6) is 0 Å². The number of hydrogen-bond acceptors (Lipinski definition) is 3. The average Bonchev–Trinajstić information content (AvgIpc) is 2.70. The van der Waals surface area contributed by atoms with Crippen molar-refractivity contribution in [2.45, 2.75) is 58.0 Å². The second-order valence-electron chi connectivity index (χ2n) is 8.61. The molecule has 180 valence electrons. The van der Waals surface area contributed by atoms with Crippen molar-refractivity contribution in [1.29, 1.82) is 0 Å². The summed E-state index contributed by atoms with van der Waals surface area (Å²) < 4.78 is 14.1. The molecule has 0 fully saturated rings. The van der Waals surface area contributed by atoms with Crippen molar-refractivity contribution in [1.82, 2.24) is 10.2 Å². The van der Waals surface area contributed by atoms with Crippen molar-refractivity contribution < 1.29 is 14.0 Å². The molecule has 1 atom stereocenters. The van der Waals surface area contributed by atoms with Crippen molar-refractivity contribution in [2.75, 3.05) is 5.75 Å². The van der Waals surface area contributed by atoms with Crippen LogP contribution in [-0.4, -0.2) is 34.0 Å². The van der Waals surface area contributed by atoms with E-state index in [-0.39, 0.29) is 29.9 Å². The fourth-order valence-electron chi connectivity index (χ4n) is 3.20. The summed E-state index contributed by atoms with van der Waals surface area (Å²) in [7, 11) is 0. The molecule has 2 amide bonds.